The first-order chi connectivity index (χ1) is 12.8. The van der Waals surface area contributed by atoms with Crippen LogP contribution in [-0.4, -0.2) is 43.6 Å². The highest BCUT2D eigenvalue weighted by Gasteiger charge is 2.32. The molecule has 1 saturated heterocycles. The molecule has 5 nitrogen and oxygen atoms in total. The predicted octanol–water partition coefficient (Wildman–Crippen LogP) is 5.53. The van der Waals surface area contributed by atoms with Gasteiger partial charge in [0.2, 0.25) is 0 Å². The molecule has 0 bridgehead atoms. The van der Waals surface area contributed by atoms with Crippen molar-refractivity contribution in [2.24, 2.45) is 0 Å². The van der Waals surface area contributed by atoms with Gasteiger partial charge in [0, 0.05) is 0 Å². The highest BCUT2D eigenvalue weighted by atomic mass is 32.2. The molecule has 1 aliphatic rings. The van der Waals surface area contributed by atoms with Gasteiger partial charge < -0.3 is 9.47 Å². The van der Waals surface area contributed by atoms with Crippen LogP contribution in [-0.2, 0) is 19.6 Å². The van der Waals surface area contributed by atoms with Crippen molar-refractivity contribution in [2.45, 2.75) is 115 Å². The number of hydrogen-bond acceptors (Lipinski definition) is 4. The molecule has 0 spiro atoms. The van der Waals surface area contributed by atoms with E-state index in [0.717, 1.165) is 25.7 Å². The van der Waals surface area contributed by atoms with Crippen LogP contribution in [0.1, 0.15) is 104 Å². The fourth-order valence-corrected chi connectivity index (χ4v) is 4.20. The Morgan fingerprint density at radius 3 is 2.07 bits per heavy atom. The maximum atomic E-state index is 10.7. The molecule has 2 atom stereocenters. The van der Waals surface area contributed by atoms with E-state index in [0.29, 0.717) is 19.6 Å². The number of unbranched alkanes of at least 4 members (excludes halogenated alkanes) is 10. The molecule has 0 radical (unpaired) electrons. The maximum absolute atomic E-state index is 10.7. The second-order valence-electron chi connectivity index (χ2n) is 8.41. The number of ether oxygens (including phenoxy) is 2. The topological polar surface area (TPSA) is 72.8 Å². The van der Waals surface area contributed by atoms with Gasteiger partial charge in [0.25, 0.3) is 10.1 Å². The Labute approximate surface area is 167 Å². The summed E-state index contributed by atoms with van der Waals surface area (Å²) >= 11 is 0. The van der Waals surface area contributed by atoms with E-state index in [1.807, 2.05) is 0 Å². The first-order valence-electron chi connectivity index (χ1n) is 11.1. The van der Waals surface area contributed by atoms with Gasteiger partial charge in [0.05, 0.1) is 30.7 Å². The van der Waals surface area contributed by atoms with Crippen molar-refractivity contribution in [1.29, 1.82) is 0 Å². The molecule has 6 heteroatoms. The Bertz CT molecular complexity index is 455. The van der Waals surface area contributed by atoms with E-state index in [4.69, 9.17) is 14.0 Å². The second-order valence-corrected chi connectivity index (χ2v) is 9.98. The minimum absolute atomic E-state index is 0.151. The summed E-state index contributed by atoms with van der Waals surface area (Å²) in [6.45, 7) is 5.61. The van der Waals surface area contributed by atoms with Crippen LogP contribution in [0.25, 0.3) is 0 Å². The van der Waals surface area contributed by atoms with Crippen LogP contribution in [0.3, 0.4) is 0 Å². The molecule has 1 N–H and O–H groups in total. The second kappa shape index (κ2) is 13.9. The van der Waals surface area contributed by atoms with E-state index in [-0.39, 0.29) is 17.5 Å². The van der Waals surface area contributed by atoms with Gasteiger partial charge in [-0.3, -0.25) is 4.55 Å². The first-order valence-corrected chi connectivity index (χ1v) is 12.7. The van der Waals surface area contributed by atoms with Crippen LogP contribution in [0, 0.1) is 0 Å². The Morgan fingerprint density at radius 2 is 1.52 bits per heavy atom. The molecule has 27 heavy (non-hydrogen) atoms. The summed E-state index contributed by atoms with van der Waals surface area (Å²) in [5.74, 6) is -0.151. The number of hydrogen-bond donors (Lipinski definition) is 1. The smallest absolute Gasteiger partial charge is 0.264 e. The van der Waals surface area contributed by atoms with Gasteiger partial charge in [-0.25, -0.2) is 0 Å². The standard InChI is InChI=1S/C21H42O5S/c1-3-4-5-6-7-8-9-10-12-15-20-18-26-21(2,19-25-20)16-13-11-14-17-27(22,23)24/h20H,3-19H2,1-2H3,(H,22,23,24). The molecule has 0 amide bonds. The normalized spacial score (nSPS) is 23.6. The monoisotopic (exact) mass is 406 g/mol. The molecule has 1 fully saturated rings. The van der Waals surface area contributed by atoms with Gasteiger partial charge in [0.1, 0.15) is 0 Å². The Balaban J connectivity index is 1.98. The molecular weight excluding hydrogens is 364 g/mol. The molecule has 1 heterocycles. The summed E-state index contributed by atoms with van der Waals surface area (Å²) in [7, 11) is -3.83. The summed E-state index contributed by atoms with van der Waals surface area (Å²) in [5.41, 5.74) is -0.257. The lowest BCUT2D eigenvalue weighted by atomic mass is 9.97. The fourth-order valence-electron chi connectivity index (χ4n) is 3.63. The first kappa shape index (κ1) is 24.9. The summed E-state index contributed by atoms with van der Waals surface area (Å²) < 4.78 is 42.2. The molecule has 0 aromatic carbocycles. The zero-order chi connectivity index (χ0) is 20.0. The van der Waals surface area contributed by atoms with E-state index in [1.54, 1.807) is 0 Å². The highest BCUT2D eigenvalue weighted by molar-refractivity contribution is 7.85. The van der Waals surface area contributed by atoms with Crippen molar-refractivity contribution < 1.29 is 22.4 Å². The van der Waals surface area contributed by atoms with Crippen molar-refractivity contribution in [3.8, 4) is 0 Å². The molecule has 0 aliphatic carbocycles. The van der Waals surface area contributed by atoms with E-state index in [2.05, 4.69) is 13.8 Å². The van der Waals surface area contributed by atoms with E-state index in [1.165, 1.54) is 57.8 Å². The summed E-state index contributed by atoms with van der Waals surface area (Å²) in [6.07, 6.45) is 16.4. The van der Waals surface area contributed by atoms with Gasteiger partial charge in [0.15, 0.2) is 0 Å². The lowest BCUT2D eigenvalue weighted by Crippen LogP contribution is -2.44. The third-order valence-corrected chi connectivity index (χ3v) is 6.28. The zero-order valence-corrected chi connectivity index (χ0v) is 18.4. The molecular formula is C21H42O5S. The Kier molecular flexibility index (Phi) is 12.8. The van der Waals surface area contributed by atoms with Crippen molar-refractivity contribution >= 4 is 10.1 Å². The average Bonchev–Trinajstić information content (AvgIpc) is 2.61. The predicted molar refractivity (Wildman–Crippen MR) is 111 cm³/mol. The van der Waals surface area contributed by atoms with Crippen LogP contribution in [0.2, 0.25) is 0 Å². The van der Waals surface area contributed by atoms with Gasteiger partial charge in [-0.05, 0) is 26.2 Å². The molecule has 1 rings (SSSR count). The molecule has 0 aromatic heterocycles. The molecule has 0 aromatic rings. The van der Waals surface area contributed by atoms with Crippen LogP contribution < -0.4 is 0 Å². The molecule has 0 saturated carbocycles. The largest absolute Gasteiger partial charge is 0.373 e. The van der Waals surface area contributed by atoms with Gasteiger partial charge >= 0.3 is 0 Å². The molecule has 2 unspecified atom stereocenters. The van der Waals surface area contributed by atoms with Gasteiger partial charge in [-0.2, -0.15) is 8.42 Å². The molecule has 1 aliphatic heterocycles. The number of rotatable bonds is 16. The van der Waals surface area contributed by atoms with Gasteiger partial charge in [-0.15, -0.1) is 0 Å². The fraction of sp³-hybridized carbons (Fsp3) is 1.00. The lowest BCUT2D eigenvalue weighted by Gasteiger charge is -2.38. The van der Waals surface area contributed by atoms with Crippen molar-refractivity contribution in [3.05, 3.63) is 0 Å². The van der Waals surface area contributed by atoms with Crippen LogP contribution in [0.4, 0.5) is 0 Å². The van der Waals surface area contributed by atoms with Gasteiger partial charge in [-0.1, -0.05) is 77.6 Å². The molecule has 162 valence electrons. The van der Waals surface area contributed by atoms with Crippen LogP contribution in [0.5, 0.6) is 0 Å². The quantitative estimate of drug-likeness (QED) is 0.269. The SMILES string of the molecule is CCCCCCCCCCCC1COC(C)(CCCCCS(=O)(=O)O)CO1. The van der Waals surface area contributed by atoms with Crippen LogP contribution >= 0.6 is 0 Å². The third-order valence-electron chi connectivity index (χ3n) is 5.48. The highest BCUT2D eigenvalue weighted by Crippen LogP contribution is 2.26. The van der Waals surface area contributed by atoms with E-state index in [9.17, 15) is 8.42 Å². The third kappa shape index (κ3) is 13.6. The lowest BCUT2D eigenvalue weighted by molar-refractivity contribution is -0.187. The minimum Gasteiger partial charge on any atom is -0.373 e. The van der Waals surface area contributed by atoms with E-state index < -0.39 is 10.1 Å². The van der Waals surface area contributed by atoms with E-state index >= 15 is 0 Å². The average molecular weight is 407 g/mol. The van der Waals surface area contributed by atoms with Crippen molar-refractivity contribution in [2.75, 3.05) is 19.0 Å². The van der Waals surface area contributed by atoms with Crippen LogP contribution in [0.15, 0.2) is 0 Å². The summed E-state index contributed by atoms with van der Waals surface area (Å²) in [4.78, 5) is 0. The maximum Gasteiger partial charge on any atom is 0.264 e. The van der Waals surface area contributed by atoms with Crippen molar-refractivity contribution in [3.63, 3.8) is 0 Å². The Hall–Kier alpha value is -0.170. The zero-order valence-electron chi connectivity index (χ0n) is 17.6. The van der Waals surface area contributed by atoms with Crippen molar-refractivity contribution in [1.82, 2.24) is 0 Å². The summed E-state index contributed by atoms with van der Waals surface area (Å²) in [6, 6.07) is 0. The Morgan fingerprint density at radius 1 is 0.926 bits per heavy atom. The minimum atomic E-state index is -3.83. The summed E-state index contributed by atoms with van der Waals surface area (Å²) in [5, 5.41) is 0.